The van der Waals surface area contributed by atoms with Gasteiger partial charge in [-0.2, -0.15) is 9.78 Å². The number of furan rings is 1. The van der Waals surface area contributed by atoms with Crippen molar-refractivity contribution in [3.63, 3.8) is 0 Å². The number of para-hydroxylation sites is 1. The predicted octanol–water partition coefficient (Wildman–Crippen LogP) is 8.04. The van der Waals surface area contributed by atoms with Crippen LogP contribution in [0.5, 0.6) is 5.75 Å². The van der Waals surface area contributed by atoms with Gasteiger partial charge in [0.15, 0.2) is 5.76 Å². The minimum absolute atomic E-state index is 0.165. The summed E-state index contributed by atoms with van der Waals surface area (Å²) in [6.07, 6.45) is 2.82. The molecule has 0 saturated carbocycles. The van der Waals surface area contributed by atoms with E-state index in [2.05, 4.69) is 64.6 Å². The molecule has 0 aliphatic carbocycles. The summed E-state index contributed by atoms with van der Waals surface area (Å²) < 4.78 is 16.5. The highest BCUT2D eigenvalue weighted by atomic mass is 79.9. The number of halogens is 1. The van der Waals surface area contributed by atoms with Crippen LogP contribution >= 0.6 is 15.9 Å². The Hall–Kier alpha value is -4.43. The van der Waals surface area contributed by atoms with Gasteiger partial charge in [0, 0.05) is 32.5 Å². The molecule has 0 fully saturated rings. The number of rotatable bonds is 7. The molecule has 0 bridgehead atoms. The fourth-order valence-electron chi connectivity index (χ4n) is 4.94. The average molecular weight is 610 g/mol. The van der Waals surface area contributed by atoms with Crippen LogP contribution in [0.1, 0.15) is 37.2 Å². The molecule has 41 heavy (non-hydrogen) atoms. The Morgan fingerprint density at radius 2 is 1.83 bits per heavy atom. The van der Waals surface area contributed by atoms with Crippen molar-refractivity contribution in [3.8, 4) is 23.0 Å². The average Bonchev–Trinajstić information content (AvgIpc) is 3.52. The van der Waals surface area contributed by atoms with Gasteiger partial charge in [-0.25, -0.2) is 4.98 Å². The van der Waals surface area contributed by atoms with E-state index in [4.69, 9.17) is 14.1 Å². The first-order chi connectivity index (χ1) is 19.8. The number of fused-ring (bicyclic) bond motifs is 2. The summed E-state index contributed by atoms with van der Waals surface area (Å²) >= 11 is 3.51. The highest BCUT2D eigenvalue weighted by molar-refractivity contribution is 9.10. The van der Waals surface area contributed by atoms with Crippen molar-refractivity contribution < 1.29 is 9.15 Å². The molecule has 0 saturated heterocycles. The van der Waals surface area contributed by atoms with Gasteiger partial charge < -0.3 is 13.7 Å². The Morgan fingerprint density at radius 3 is 2.61 bits per heavy atom. The van der Waals surface area contributed by atoms with E-state index in [9.17, 15) is 4.79 Å². The van der Waals surface area contributed by atoms with E-state index < -0.39 is 0 Å². The molecule has 0 spiro atoms. The lowest BCUT2D eigenvalue weighted by molar-refractivity contribution is 0.217. The summed E-state index contributed by atoms with van der Waals surface area (Å²) in [5.41, 5.74) is 4.97. The van der Waals surface area contributed by atoms with Crippen LogP contribution in [-0.2, 0) is 0 Å². The molecule has 1 atom stereocenters. The largest absolute Gasteiger partial charge is 0.491 e. The molecule has 3 heterocycles. The van der Waals surface area contributed by atoms with Crippen molar-refractivity contribution in [2.75, 3.05) is 0 Å². The van der Waals surface area contributed by atoms with Crippen molar-refractivity contribution in [2.24, 2.45) is 5.10 Å². The molecular formula is C33H29BrN4O3. The van der Waals surface area contributed by atoms with Crippen molar-refractivity contribution in [1.82, 2.24) is 14.2 Å². The number of hydrogen-bond donors (Lipinski definition) is 0. The second-order valence-electron chi connectivity index (χ2n) is 10.1. The first-order valence-corrected chi connectivity index (χ1v) is 14.3. The normalized spacial score (nSPS) is 12.5. The molecule has 3 aromatic carbocycles. The van der Waals surface area contributed by atoms with Crippen molar-refractivity contribution in [1.29, 1.82) is 0 Å². The molecule has 0 N–H and O–H groups in total. The fourth-order valence-corrected chi connectivity index (χ4v) is 5.32. The topological polar surface area (TPSA) is 74.6 Å². The van der Waals surface area contributed by atoms with Gasteiger partial charge in [-0.3, -0.25) is 4.79 Å². The molecular weight excluding hydrogens is 580 g/mol. The molecule has 8 heteroatoms. The van der Waals surface area contributed by atoms with E-state index in [1.165, 1.54) is 4.68 Å². The van der Waals surface area contributed by atoms with Gasteiger partial charge in [0.1, 0.15) is 11.3 Å². The zero-order chi connectivity index (χ0) is 28.7. The van der Waals surface area contributed by atoms with E-state index in [1.54, 1.807) is 12.3 Å². The molecule has 6 rings (SSSR count). The van der Waals surface area contributed by atoms with Gasteiger partial charge in [-0.1, -0.05) is 35.0 Å². The molecule has 0 aliphatic rings. The summed E-state index contributed by atoms with van der Waals surface area (Å²) in [6, 6.07) is 25.0. The molecule has 3 aromatic heterocycles. The van der Waals surface area contributed by atoms with Crippen LogP contribution in [0, 0.1) is 13.8 Å². The third kappa shape index (κ3) is 5.11. The monoisotopic (exact) mass is 608 g/mol. The van der Waals surface area contributed by atoms with Crippen LogP contribution in [0.4, 0.5) is 0 Å². The highest BCUT2D eigenvalue weighted by Crippen LogP contribution is 2.29. The van der Waals surface area contributed by atoms with Gasteiger partial charge in [-0.15, -0.1) is 0 Å². The Bertz CT molecular complexity index is 1980. The molecule has 7 nitrogen and oxygen atoms in total. The first kappa shape index (κ1) is 26.8. The second kappa shape index (κ2) is 10.9. The zero-order valence-electron chi connectivity index (χ0n) is 23.3. The van der Waals surface area contributed by atoms with Gasteiger partial charge in [0.25, 0.3) is 5.56 Å². The maximum Gasteiger partial charge on any atom is 0.282 e. The van der Waals surface area contributed by atoms with E-state index in [-0.39, 0.29) is 11.7 Å². The molecule has 0 aliphatic heterocycles. The lowest BCUT2D eigenvalue weighted by Gasteiger charge is -2.14. The molecule has 0 unspecified atom stereocenters. The third-order valence-electron chi connectivity index (χ3n) is 7.24. The van der Waals surface area contributed by atoms with E-state index >= 15 is 0 Å². The van der Waals surface area contributed by atoms with Crippen LogP contribution in [-0.4, -0.2) is 26.5 Å². The lowest BCUT2D eigenvalue weighted by atomic mass is 10.2. The van der Waals surface area contributed by atoms with Crippen LogP contribution in [0.2, 0.25) is 0 Å². The summed E-state index contributed by atoms with van der Waals surface area (Å²) in [7, 11) is 0. The van der Waals surface area contributed by atoms with E-state index in [1.807, 2.05) is 61.5 Å². The summed E-state index contributed by atoms with van der Waals surface area (Å²) in [5, 5.41) is 6.05. The maximum absolute atomic E-state index is 13.7. The number of aromatic nitrogens is 3. The van der Waals surface area contributed by atoms with Gasteiger partial charge in [0.05, 0.1) is 23.2 Å². The highest BCUT2D eigenvalue weighted by Gasteiger charge is 2.17. The molecule has 6 aromatic rings. The summed E-state index contributed by atoms with van der Waals surface area (Å²) in [4.78, 5) is 18.5. The van der Waals surface area contributed by atoms with Crippen LogP contribution in [0.15, 0.2) is 97.6 Å². The SMILES string of the molecule is CC[C@H](C)Oc1ccc(-n2c(C)cc(C=Nn3c(-c4cc5cc(Br)ccc5o4)nc4ccccc4c3=O)c2C)cc1. The quantitative estimate of drug-likeness (QED) is 0.172. The Kier molecular flexibility index (Phi) is 7.09. The summed E-state index contributed by atoms with van der Waals surface area (Å²) in [5.74, 6) is 1.65. The third-order valence-corrected chi connectivity index (χ3v) is 7.74. The Labute approximate surface area is 245 Å². The maximum atomic E-state index is 13.7. The Morgan fingerprint density at radius 1 is 1.05 bits per heavy atom. The number of ether oxygens (including phenoxy) is 1. The number of aryl methyl sites for hydroxylation is 1. The predicted molar refractivity (Wildman–Crippen MR) is 168 cm³/mol. The first-order valence-electron chi connectivity index (χ1n) is 13.5. The van der Waals surface area contributed by atoms with Crippen LogP contribution in [0.3, 0.4) is 0 Å². The van der Waals surface area contributed by atoms with Crippen LogP contribution in [0.25, 0.3) is 39.1 Å². The lowest BCUT2D eigenvalue weighted by Crippen LogP contribution is -2.20. The standard InChI is InChI=1S/C33H29BrN4O3/c1-5-21(3)40-27-13-11-26(12-14-27)37-20(2)16-24(22(37)4)19-35-38-32(36-29-9-7-6-8-28(29)33(38)39)31-18-23-17-25(34)10-15-30(23)41-31/h6-19,21H,5H2,1-4H3/t21-/m0/s1. The number of benzene rings is 3. The van der Waals surface area contributed by atoms with E-state index in [0.29, 0.717) is 28.1 Å². The van der Waals surface area contributed by atoms with Crippen molar-refractivity contribution in [2.45, 2.75) is 40.2 Å². The van der Waals surface area contributed by atoms with Crippen molar-refractivity contribution >= 4 is 44.0 Å². The molecule has 0 radical (unpaired) electrons. The molecule has 0 amide bonds. The summed E-state index contributed by atoms with van der Waals surface area (Å²) in [6.45, 7) is 8.26. The van der Waals surface area contributed by atoms with Gasteiger partial charge in [0.2, 0.25) is 5.82 Å². The Balaban J connectivity index is 1.42. The number of hydrogen-bond acceptors (Lipinski definition) is 5. The van der Waals surface area contributed by atoms with Gasteiger partial charge in [-0.05, 0) is 93.9 Å². The molecule has 206 valence electrons. The number of nitrogens with zero attached hydrogens (tertiary/aromatic N) is 4. The zero-order valence-corrected chi connectivity index (χ0v) is 24.8. The second-order valence-corrected chi connectivity index (χ2v) is 11.0. The fraction of sp³-hybridized carbons (Fsp3) is 0.182. The smallest absolute Gasteiger partial charge is 0.282 e. The van der Waals surface area contributed by atoms with Gasteiger partial charge >= 0.3 is 0 Å². The van der Waals surface area contributed by atoms with Crippen molar-refractivity contribution in [3.05, 3.63) is 111 Å². The minimum atomic E-state index is -0.269. The van der Waals surface area contributed by atoms with Crippen LogP contribution < -0.4 is 10.3 Å². The van der Waals surface area contributed by atoms with E-state index in [0.717, 1.165) is 44.7 Å². The minimum Gasteiger partial charge on any atom is -0.491 e.